The van der Waals surface area contributed by atoms with E-state index in [1.54, 1.807) is 11.8 Å². The van der Waals surface area contributed by atoms with Crippen LogP contribution in [-0.4, -0.2) is 36.7 Å². The van der Waals surface area contributed by atoms with Crippen LogP contribution >= 0.6 is 62.3 Å². The van der Waals surface area contributed by atoms with Crippen molar-refractivity contribution in [3.63, 3.8) is 0 Å². The van der Waals surface area contributed by atoms with E-state index in [4.69, 9.17) is 9.47 Å². The van der Waals surface area contributed by atoms with Crippen LogP contribution in [0.5, 0.6) is 0 Å². The average molecular weight is 587 g/mol. The van der Waals surface area contributed by atoms with Gasteiger partial charge in [-0.05, 0) is 37.1 Å². The van der Waals surface area contributed by atoms with Crippen molar-refractivity contribution in [2.45, 2.75) is 77.4 Å². The standard InChI is InChI=1S/C15H28O4S2.C12H10S3/c16-14(8-12-20)18-10-6-4-2-1-3-5-7-11-19-15(17)9-13-21;13-9-5-1-3-7-11(9)15-12-8-4-2-6-10(12)14/h20-21H,1-13H2;1-8,13-14H. The van der Waals surface area contributed by atoms with E-state index < -0.39 is 0 Å². The molecule has 0 N–H and O–H groups in total. The molecule has 0 aromatic heterocycles. The summed E-state index contributed by atoms with van der Waals surface area (Å²) in [6, 6.07) is 16.1. The van der Waals surface area contributed by atoms with Gasteiger partial charge < -0.3 is 9.47 Å². The van der Waals surface area contributed by atoms with Gasteiger partial charge in [0.25, 0.3) is 0 Å². The van der Waals surface area contributed by atoms with Gasteiger partial charge >= 0.3 is 11.9 Å². The molecule has 0 aliphatic heterocycles. The van der Waals surface area contributed by atoms with Crippen LogP contribution in [0.4, 0.5) is 0 Å². The molecule has 0 spiro atoms. The summed E-state index contributed by atoms with van der Waals surface area (Å²) in [5.41, 5.74) is 0. The molecule has 0 saturated carbocycles. The van der Waals surface area contributed by atoms with Gasteiger partial charge in [0.05, 0.1) is 26.1 Å². The minimum Gasteiger partial charge on any atom is -0.466 e. The number of benzene rings is 2. The number of carbonyl (C=O) groups excluding carboxylic acids is 2. The topological polar surface area (TPSA) is 52.6 Å². The first-order chi connectivity index (χ1) is 17.5. The third kappa shape index (κ3) is 16.8. The third-order valence-corrected chi connectivity index (χ3v) is 7.58. The fraction of sp³-hybridized carbons (Fsp3) is 0.481. The first kappa shape index (κ1) is 33.2. The molecule has 200 valence electrons. The second kappa shape index (κ2) is 22.1. The summed E-state index contributed by atoms with van der Waals surface area (Å²) < 4.78 is 10.1. The van der Waals surface area contributed by atoms with Gasteiger partial charge in [0.2, 0.25) is 0 Å². The van der Waals surface area contributed by atoms with Crippen LogP contribution < -0.4 is 0 Å². The van der Waals surface area contributed by atoms with Crippen molar-refractivity contribution >= 4 is 74.2 Å². The molecule has 0 aliphatic carbocycles. The zero-order chi connectivity index (χ0) is 26.4. The predicted octanol–water partition coefficient (Wildman–Crippen LogP) is 7.86. The Labute approximate surface area is 242 Å². The lowest BCUT2D eigenvalue weighted by Crippen LogP contribution is -2.06. The van der Waals surface area contributed by atoms with Crippen LogP contribution in [0.25, 0.3) is 0 Å². The zero-order valence-electron chi connectivity index (χ0n) is 20.6. The van der Waals surface area contributed by atoms with Crippen LogP contribution in [0.15, 0.2) is 68.1 Å². The fourth-order valence-corrected chi connectivity index (χ4v) is 4.83. The maximum Gasteiger partial charge on any atom is 0.306 e. The van der Waals surface area contributed by atoms with Crippen molar-refractivity contribution < 1.29 is 19.1 Å². The zero-order valence-corrected chi connectivity index (χ0v) is 25.0. The fourth-order valence-electron chi connectivity index (χ4n) is 2.99. The first-order valence-electron chi connectivity index (χ1n) is 12.2. The van der Waals surface area contributed by atoms with Crippen molar-refractivity contribution in [2.24, 2.45) is 0 Å². The smallest absolute Gasteiger partial charge is 0.306 e. The molecule has 2 aromatic carbocycles. The summed E-state index contributed by atoms with van der Waals surface area (Å²) in [6.45, 7) is 1.04. The summed E-state index contributed by atoms with van der Waals surface area (Å²) >= 11 is 18.5. The molecular weight excluding hydrogens is 549 g/mol. The van der Waals surface area contributed by atoms with Crippen molar-refractivity contribution in [2.75, 3.05) is 24.7 Å². The van der Waals surface area contributed by atoms with Crippen LogP contribution in [0.3, 0.4) is 0 Å². The molecule has 9 heteroatoms. The van der Waals surface area contributed by atoms with Crippen molar-refractivity contribution in [1.82, 2.24) is 0 Å². The van der Waals surface area contributed by atoms with Gasteiger partial charge in [-0.2, -0.15) is 25.3 Å². The SMILES string of the molecule is O=C(CCS)OCCCCCCCCCOC(=O)CCS.Sc1ccccc1Sc1ccccc1S. The summed E-state index contributed by atoms with van der Waals surface area (Å²) in [7, 11) is 0. The van der Waals surface area contributed by atoms with Crippen LogP contribution in [-0.2, 0) is 19.1 Å². The Hall–Kier alpha value is -0.870. The molecule has 0 heterocycles. The van der Waals surface area contributed by atoms with Crippen molar-refractivity contribution in [1.29, 1.82) is 0 Å². The lowest BCUT2D eigenvalue weighted by molar-refractivity contribution is -0.144. The minimum absolute atomic E-state index is 0.155. The summed E-state index contributed by atoms with van der Waals surface area (Å²) in [4.78, 5) is 26.4. The molecule has 36 heavy (non-hydrogen) atoms. The number of rotatable bonds is 16. The van der Waals surface area contributed by atoms with Crippen LogP contribution in [0.2, 0.25) is 0 Å². The minimum atomic E-state index is -0.155. The number of carbonyl (C=O) groups is 2. The Morgan fingerprint density at radius 2 is 0.972 bits per heavy atom. The summed E-state index contributed by atoms with van der Waals surface area (Å²) in [5.74, 6) is 0.779. The second-order valence-corrected chi connectivity index (χ2v) is 10.8. The molecule has 0 saturated heterocycles. The number of ether oxygens (including phenoxy) is 2. The van der Waals surface area contributed by atoms with Gasteiger partial charge in [0.1, 0.15) is 0 Å². The lowest BCUT2D eigenvalue weighted by Gasteiger charge is -2.06. The third-order valence-electron chi connectivity index (χ3n) is 4.90. The van der Waals surface area contributed by atoms with Gasteiger partial charge in [-0.3, -0.25) is 9.59 Å². The molecule has 0 fully saturated rings. The maximum absolute atomic E-state index is 11.1. The van der Waals surface area contributed by atoms with E-state index in [9.17, 15) is 9.59 Å². The van der Waals surface area contributed by atoms with Crippen LogP contribution in [0, 0.1) is 0 Å². The van der Waals surface area contributed by atoms with E-state index in [2.05, 4.69) is 62.6 Å². The van der Waals surface area contributed by atoms with Gasteiger partial charge in [-0.1, -0.05) is 68.1 Å². The highest BCUT2D eigenvalue weighted by molar-refractivity contribution is 8.00. The summed E-state index contributed by atoms with van der Waals surface area (Å²) in [6.07, 6.45) is 8.31. The quantitative estimate of drug-likeness (QED) is 0.0917. The molecule has 0 aliphatic rings. The van der Waals surface area contributed by atoms with E-state index in [0.29, 0.717) is 37.6 Å². The van der Waals surface area contributed by atoms with Gasteiger partial charge in [0, 0.05) is 31.1 Å². The van der Waals surface area contributed by atoms with E-state index in [0.717, 1.165) is 58.1 Å². The molecule has 0 radical (unpaired) electrons. The Morgan fingerprint density at radius 1 is 0.611 bits per heavy atom. The highest BCUT2D eigenvalue weighted by atomic mass is 32.2. The number of esters is 2. The largest absolute Gasteiger partial charge is 0.466 e. The van der Waals surface area contributed by atoms with Gasteiger partial charge in [-0.15, -0.1) is 25.3 Å². The highest BCUT2D eigenvalue weighted by Gasteiger charge is 2.03. The molecular formula is C27H38O4S5. The van der Waals surface area contributed by atoms with E-state index in [1.165, 1.54) is 6.42 Å². The average Bonchev–Trinajstić information content (AvgIpc) is 2.86. The monoisotopic (exact) mass is 586 g/mol. The number of hydrogen-bond acceptors (Lipinski definition) is 9. The van der Waals surface area contributed by atoms with Crippen LogP contribution in [0.1, 0.15) is 57.8 Å². The maximum atomic E-state index is 11.1. The molecule has 0 unspecified atom stereocenters. The Bertz CT molecular complexity index is 809. The lowest BCUT2D eigenvalue weighted by atomic mass is 10.1. The van der Waals surface area contributed by atoms with Crippen molar-refractivity contribution in [3.05, 3.63) is 48.5 Å². The first-order valence-corrected chi connectivity index (χ1v) is 15.2. The van der Waals surface area contributed by atoms with Gasteiger partial charge in [0.15, 0.2) is 0 Å². The Balaban J connectivity index is 0.000000377. The molecule has 2 aromatic rings. The normalized spacial score (nSPS) is 10.3. The van der Waals surface area contributed by atoms with Crippen molar-refractivity contribution in [3.8, 4) is 0 Å². The number of unbranched alkanes of at least 4 members (excludes halogenated alkanes) is 6. The Morgan fingerprint density at radius 3 is 1.33 bits per heavy atom. The molecule has 0 atom stereocenters. The van der Waals surface area contributed by atoms with E-state index in [-0.39, 0.29) is 11.9 Å². The molecule has 0 bridgehead atoms. The molecule has 2 rings (SSSR count). The number of hydrogen-bond donors (Lipinski definition) is 4. The summed E-state index contributed by atoms with van der Waals surface area (Å²) in [5, 5.41) is 0. The molecule has 0 amide bonds. The predicted molar refractivity (Wildman–Crippen MR) is 163 cm³/mol. The number of thiol groups is 4. The van der Waals surface area contributed by atoms with Gasteiger partial charge in [-0.25, -0.2) is 0 Å². The highest BCUT2D eigenvalue weighted by Crippen LogP contribution is 2.35. The second-order valence-electron chi connectivity index (χ2n) is 7.90. The van der Waals surface area contributed by atoms with E-state index >= 15 is 0 Å². The Kier molecular flexibility index (Phi) is 20.4. The molecule has 4 nitrogen and oxygen atoms in total. The van der Waals surface area contributed by atoms with E-state index in [1.807, 2.05) is 36.4 Å².